The molecule has 0 radical (unpaired) electrons. The first-order valence-electron chi connectivity index (χ1n) is 5.06. The lowest BCUT2D eigenvalue weighted by Crippen LogP contribution is -2.18. The molecule has 2 N–H and O–H groups in total. The molecule has 2 aromatic rings. The minimum atomic E-state index is -0.394. The fraction of sp³-hybridized carbons (Fsp3) is 0.273. The van der Waals surface area contributed by atoms with Crippen molar-refractivity contribution >= 4 is 11.6 Å². The van der Waals surface area contributed by atoms with Crippen molar-refractivity contribution in [2.45, 2.75) is 6.04 Å². The van der Waals surface area contributed by atoms with Crippen LogP contribution >= 0.6 is 11.6 Å². The molecule has 2 aromatic heterocycles. The number of pyridine rings is 1. The van der Waals surface area contributed by atoms with Crippen molar-refractivity contribution in [1.29, 1.82) is 0 Å². The Kier molecular flexibility index (Phi) is 3.31. The van der Waals surface area contributed by atoms with Gasteiger partial charge in [0.05, 0.1) is 30.1 Å². The summed E-state index contributed by atoms with van der Waals surface area (Å²) >= 11 is 5.79. The van der Waals surface area contributed by atoms with Crippen LogP contribution in [0.1, 0.15) is 17.4 Å². The predicted molar refractivity (Wildman–Crippen MR) is 65.0 cm³/mol. The van der Waals surface area contributed by atoms with Gasteiger partial charge in [-0.25, -0.2) is 0 Å². The Morgan fingerprint density at radius 3 is 2.76 bits per heavy atom. The van der Waals surface area contributed by atoms with Crippen LogP contribution < -0.4 is 10.5 Å². The molecule has 6 heteroatoms. The number of methoxy groups -OCH3 is 1. The van der Waals surface area contributed by atoms with Gasteiger partial charge in [0.2, 0.25) is 0 Å². The largest absolute Gasteiger partial charge is 0.493 e. The molecule has 90 valence electrons. The fourth-order valence-corrected chi connectivity index (χ4v) is 1.76. The van der Waals surface area contributed by atoms with E-state index in [4.69, 9.17) is 22.1 Å². The third-order valence-electron chi connectivity index (χ3n) is 2.53. The van der Waals surface area contributed by atoms with Crippen LogP contribution in [0.4, 0.5) is 0 Å². The number of hydrogen-bond donors (Lipinski definition) is 1. The van der Waals surface area contributed by atoms with E-state index in [0.717, 1.165) is 11.4 Å². The summed E-state index contributed by atoms with van der Waals surface area (Å²) in [6, 6.07) is 3.15. The lowest BCUT2D eigenvalue weighted by molar-refractivity contribution is 0.405. The number of aromatic nitrogens is 3. The number of ether oxygens (including phenoxy) is 1. The molecule has 0 saturated carbocycles. The summed E-state index contributed by atoms with van der Waals surface area (Å²) in [7, 11) is 3.40. The number of nitrogens with zero attached hydrogens (tertiary/aromatic N) is 3. The van der Waals surface area contributed by atoms with Crippen LogP contribution in [0.5, 0.6) is 5.75 Å². The Labute approximate surface area is 104 Å². The van der Waals surface area contributed by atoms with Crippen molar-refractivity contribution in [3.05, 3.63) is 40.9 Å². The van der Waals surface area contributed by atoms with Gasteiger partial charge in [0.1, 0.15) is 5.69 Å². The molecule has 0 saturated heterocycles. The molecule has 0 bridgehead atoms. The SMILES string of the molecule is COc1cnn(C)c1C(N)c1ccc(Cl)cn1. The Hall–Kier alpha value is -1.59. The minimum absolute atomic E-state index is 0.394. The third-order valence-corrected chi connectivity index (χ3v) is 2.76. The zero-order valence-corrected chi connectivity index (χ0v) is 10.3. The van der Waals surface area contributed by atoms with Crippen LogP contribution in [0.25, 0.3) is 0 Å². The van der Waals surface area contributed by atoms with Crippen LogP contribution in [0.15, 0.2) is 24.5 Å². The van der Waals surface area contributed by atoms with Crippen molar-refractivity contribution in [2.24, 2.45) is 12.8 Å². The maximum atomic E-state index is 6.14. The highest BCUT2D eigenvalue weighted by atomic mass is 35.5. The molecule has 2 rings (SSSR count). The minimum Gasteiger partial charge on any atom is -0.493 e. The standard InChI is InChI=1S/C11H13ClN4O/c1-16-11(9(17-2)6-15-16)10(13)8-4-3-7(12)5-14-8/h3-6,10H,13H2,1-2H3. The molecule has 2 heterocycles. The number of aryl methyl sites for hydroxylation is 1. The van der Waals surface area contributed by atoms with Crippen LogP contribution in [0.2, 0.25) is 5.02 Å². The molecule has 17 heavy (non-hydrogen) atoms. The van der Waals surface area contributed by atoms with Gasteiger partial charge in [0.15, 0.2) is 5.75 Å². The summed E-state index contributed by atoms with van der Waals surface area (Å²) in [4.78, 5) is 4.20. The van der Waals surface area contributed by atoms with Crippen molar-refractivity contribution in [3.63, 3.8) is 0 Å². The monoisotopic (exact) mass is 252 g/mol. The number of rotatable bonds is 3. The average Bonchev–Trinajstić information content (AvgIpc) is 2.70. The number of nitrogens with two attached hydrogens (primary N) is 1. The van der Waals surface area contributed by atoms with Crippen LogP contribution in [0, 0.1) is 0 Å². The molecule has 0 aliphatic heterocycles. The molecular weight excluding hydrogens is 240 g/mol. The van der Waals surface area contributed by atoms with E-state index < -0.39 is 6.04 Å². The van der Waals surface area contributed by atoms with Gasteiger partial charge in [-0.05, 0) is 12.1 Å². The van der Waals surface area contributed by atoms with E-state index in [9.17, 15) is 0 Å². The summed E-state index contributed by atoms with van der Waals surface area (Å²) in [6.45, 7) is 0. The predicted octanol–water partition coefficient (Wildman–Crippen LogP) is 1.53. The molecule has 0 aliphatic carbocycles. The highest BCUT2D eigenvalue weighted by molar-refractivity contribution is 6.30. The molecule has 0 amide bonds. The second kappa shape index (κ2) is 4.73. The van der Waals surface area contributed by atoms with E-state index in [1.165, 1.54) is 0 Å². The van der Waals surface area contributed by atoms with E-state index >= 15 is 0 Å². The normalized spacial score (nSPS) is 12.5. The van der Waals surface area contributed by atoms with Gasteiger partial charge in [0.25, 0.3) is 0 Å². The Morgan fingerprint density at radius 1 is 1.41 bits per heavy atom. The highest BCUT2D eigenvalue weighted by Crippen LogP contribution is 2.26. The summed E-state index contributed by atoms with van der Waals surface area (Å²) in [5.74, 6) is 0.650. The smallest absolute Gasteiger partial charge is 0.161 e. The van der Waals surface area contributed by atoms with E-state index in [2.05, 4.69) is 10.1 Å². The van der Waals surface area contributed by atoms with Gasteiger partial charge >= 0.3 is 0 Å². The molecule has 1 unspecified atom stereocenters. The molecular formula is C11H13ClN4O. The lowest BCUT2D eigenvalue weighted by atomic mass is 10.1. The van der Waals surface area contributed by atoms with E-state index in [1.807, 2.05) is 7.05 Å². The van der Waals surface area contributed by atoms with Crippen LogP contribution in [-0.2, 0) is 7.05 Å². The molecule has 0 fully saturated rings. The Balaban J connectivity index is 2.39. The number of halogens is 1. The quantitative estimate of drug-likeness (QED) is 0.900. The molecule has 0 spiro atoms. The first-order chi connectivity index (χ1) is 8.13. The third kappa shape index (κ3) is 2.25. The van der Waals surface area contributed by atoms with Gasteiger partial charge in [-0.1, -0.05) is 11.6 Å². The molecule has 5 nitrogen and oxygen atoms in total. The topological polar surface area (TPSA) is 66.0 Å². The average molecular weight is 253 g/mol. The molecule has 0 aliphatic rings. The Bertz CT molecular complexity index is 509. The van der Waals surface area contributed by atoms with Crippen LogP contribution in [-0.4, -0.2) is 21.9 Å². The van der Waals surface area contributed by atoms with Crippen molar-refractivity contribution in [1.82, 2.24) is 14.8 Å². The van der Waals surface area contributed by atoms with Gasteiger partial charge in [-0.2, -0.15) is 5.10 Å². The van der Waals surface area contributed by atoms with E-state index in [-0.39, 0.29) is 0 Å². The summed E-state index contributed by atoms with van der Waals surface area (Å²) in [6.07, 6.45) is 3.20. The fourth-order valence-electron chi connectivity index (χ4n) is 1.65. The van der Waals surface area contributed by atoms with Crippen molar-refractivity contribution < 1.29 is 4.74 Å². The van der Waals surface area contributed by atoms with Crippen LogP contribution in [0.3, 0.4) is 0 Å². The second-order valence-corrected chi connectivity index (χ2v) is 4.04. The maximum Gasteiger partial charge on any atom is 0.161 e. The number of hydrogen-bond acceptors (Lipinski definition) is 4. The van der Waals surface area contributed by atoms with Gasteiger partial charge in [-0.15, -0.1) is 0 Å². The van der Waals surface area contributed by atoms with Gasteiger partial charge < -0.3 is 10.5 Å². The first-order valence-corrected chi connectivity index (χ1v) is 5.44. The molecule has 1 atom stereocenters. The second-order valence-electron chi connectivity index (χ2n) is 3.60. The summed E-state index contributed by atoms with van der Waals surface area (Å²) in [5.41, 5.74) is 7.64. The highest BCUT2D eigenvalue weighted by Gasteiger charge is 2.19. The molecule has 0 aromatic carbocycles. The zero-order valence-electron chi connectivity index (χ0n) is 9.59. The summed E-state index contributed by atoms with van der Waals surface area (Å²) < 4.78 is 6.90. The Morgan fingerprint density at radius 2 is 2.18 bits per heavy atom. The maximum absolute atomic E-state index is 6.14. The van der Waals surface area contributed by atoms with Crippen molar-refractivity contribution in [3.8, 4) is 5.75 Å². The van der Waals surface area contributed by atoms with E-state index in [1.54, 1.807) is 36.3 Å². The van der Waals surface area contributed by atoms with Gasteiger partial charge in [0, 0.05) is 13.2 Å². The van der Waals surface area contributed by atoms with Gasteiger partial charge in [-0.3, -0.25) is 9.67 Å². The lowest BCUT2D eigenvalue weighted by Gasteiger charge is -2.13. The first kappa shape index (κ1) is 11.9. The van der Waals surface area contributed by atoms with E-state index in [0.29, 0.717) is 10.8 Å². The van der Waals surface area contributed by atoms with Crippen molar-refractivity contribution in [2.75, 3.05) is 7.11 Å². The summed E-state index contributed by atoms with van der Waals surface area (Å²) in [5, 5.41) is 4.69. The zero-order chi connectivity index (χ0) is 12.4.